The predicted molar refractivity (Wildman–Crippen MR) is 69.3 cm³/mol. The molecule has 1 aliphatic heterocycles. The van der Waals surface area contributed by atoms with Crippen molar-refractivity contribution in [3.8, 4) is 0 Å². The van der Waals surface area contributed by atoms with E-state index < -0.39 is 0 Å². The molecule has 0 bridgehead atoms. The quantitative estimate of drug-likeness (QED) is 0.747. The van der Waals surface area contributed by atoms with Gasteiger partial charge in [0.2, 0.25) is 0 Å². The minimum absolute atomic E-state index is 0.159. The van der Waals surface area contributed by atoms with Crippen LogP contribution in [0.4, 0.5) is 5.69 Å². The van der Waals surface area contributed by atoms with Crippen LogP contribution in [0.25, 0.3) is 0 Å². The molecule has 0 radical (unpaired) electrons. The monoisotopic (exact) mass is 235 g/mol. The van der Waals surface area contributed by atoms with E-state index in [1.165, 1.54) is 11.3 Å². The summed E-state index contributed by atoms with van der Waals surface area (Å²) in [5.74, 6) is 0.680. The van der Waals surface area contributed by atoms with Crippen molar-refractivity contribution >= 4 is 5.69 Å². The standard InChI is InChI=1S/C14H21NO2/c1-11-8-12-6-4-5-7-13(12)15(9-11)10-14(16-2)17-3/h4-7,11,14H,8-10H2,1-3H3. The highest BCUT2D eigenvalue weighted by molar-refractivity contribution is 5.55. The Morgan fingerprint density at radius 3 is 2.71 bits per heavy atom. The Labute approximate surface area is 103 Å². The maximum Gasteiger partial charge on any atom is 0.174 e. The molecule has 1 heterocycles. The van der Waals surface area contributed by atoms with E-state index in [9.17, 15) is 0 Å². The van der Waals surface area contributed by atoms with Crippen LogP contribution in [0.3, 0.4) is 0 Å². The van der Waals surface area contributed by atoms with Crippen molar-refractivity contribution in [2.24, 2.45) is 5.92 Å². The fourth-order valence-electron chi connectivity index (χ4n) is 2.50. The SMILES string of the molecule is COC(CN1CC(C)Cc2ccccc21)OC. The molecule has 1 unspecified atom stereocenters. The molecule has 0 fully saturated rings. The second kappa shape index (κ2) is 5.52. The Bertz CT molecular complexity index is 363. The lowest BCUT2D eigenvalue weighted by atomic mass is 9.94. The molecule has 3 nitrogen and oxygen atoms in total. The van der Waals surface area contributed by atoms with Crippen LogP contribution in [0.2, 0.25) is 0 Å². The van der Waals surface area contributed by atoms with Crippen molar-refractivity contribution < 1.29 is 9.47 Å². The Balaban J connectivity index is 2.17. The number of ether oxygens (including phenoxy) is 2. The molecule has 94 valence electrons. The molecule has 0 amide bonds. The van der Waals surface area contributed by atoms with Crippen LogP contribution in [0.5, 0.6) is 0 Å². The Hall–Kier alpha value is -1.06. The minimum Gasteiger partial charge on any atom is -0.366 e. The summed E-state index contributed by atoms with van der Waals surface area (Å²) in [7, 11) is 3.38. The zero-order valence-electron chi connectivity index (χ0n) is 10.8. The van der Waals surface area contributed by atoms with E-state index in [2.05, 4.69) is 36.1 Å². The van der Waals surface area contributed by atoms with Gasteiger partial charge in [-0.1, -0.05) is 25.1 Å². The number of benzene rings is 1. The third kappa shape index (κ3) is 2.79. The van der Waals surface area contributed by atoms with Gasteiger partial charge in [-0.2, -0.15) is 0 Å². The molecule has 1 atom stereocenters. The van der Waals surface area contributed by atoms with Crippen molar-refractivity contribution in [3.05, 3.63) is 29.8 Å². The summed E-state index contributed by atoms with van der Waals surface area (Å²) in [6.45, 7) is 4.14. The molecule has 0 aromatic heterocycles. The molecule has 0 aliphatic carbocycles. The van der Waals surface area contributed by atoms with Crippen molar-refractivity contribution in [1.82, 2.24) is 0 Å². The first-order chi connectivity index (χ1) is 8.24. The van der Waals surface area contributed by atoms with Crippen LogP contribution in [-0.2, 0) is 15.9 Å². The van der Waals surface area contributed by atoms with Crippen molar-refractivity contribution in [2.75, 3.05) is 32.2 Å². The summed E-state index contributed by atoms with van der Waals surface area (Å²) in [5.41, 5.74) is 2.75. The number of hydrogen-bond donors (Lipinski definition) is 0. The van der Waals surface area contributed by atoms with Crippen molar-refractivity contribution in [2.45, 2.75) is 19.6 Å². The van der Waals surface area contributed by atoms with Crippen LogP contribution < -0.4 is 4.90 Å². The van der Waals surface area contributed by atoms with E-state index in [1.54, 1.807) is 14.2 Å². The van der Waals surface area contributed by atoms with Crippen LogP contribution in [0.15, 0.2) is 24.3 Å². The van der Waals surface area contributed by atoms with Crippen LogP contribution >= 0.6 is 0 Å². The average Bonchev–Trinajstić information content (AvgIpc) is 2.35. The summed E-state index contributed by atoms with van der Waals surface area (Å²) >= 11 is 0. The molecule has 0 spiro atoms. The number of rotatable bonds is 4. The van der Waals surface area contributed by atoms with Crippen molar-refractivity contribution in [1.29, 1.82) is 0 Å². The van der Waals surface area contributed by atoms with Crippen LogP contribution in [0, 0.1) is 5.92 Å². The van der Waals surface area contributed by atoms with E-state index in [-0.39, 0.29) is 6.29 Å². The van der Waals surface area contributed by atoms with Gasteiger partial charge in [-0.3, -0.25) is 0 Å². The van der Waals surface area contributed by atoms with Crippen molar-refractivity contribution in [3.63, 3.8) is 0 Å². The van der Waals surface area contributed by atoms with Gasteiger partial charge in [0.15, 0.2) is 6.29 Å². The zero-order chi connectivity index (χ0) is 12.3. The first-order valence-corrected chi connectivity index (χ1v) is 6.13. The maximum atomic E-state index is 5.29. The number of para-hydroxylation sites is 1. The van der Waals surface area contributed by atoms with Gasteiger partial charge in [-0.15, -0.1) is 0 Å². The number of methoxy groups -OCH3 is 2. The number of anilines is 1. The molecule has 1 aliphatic rings. The van der Waals surface area contributed by atoms with E-state index in [0.29, 0.717) is 5.92 Å². The summed E-state index contributed by atoms with van der Waals surface area (Å²) in [5, 5.41) is 0. The van der Waals surface area contributed by atoms with Gasteiger partial charge in [0.05, 0.1) is 6.54 Å². The highest BCUT2D eigenvalue weighted by Crippen LogP contribution is 2.29. The van der Waals surface area contributed by atoms with Crippen LogP contribution in [-0.4, -0.2) is 33.6 Å². The summed E-state index contributed by atoms with van der Waals surface area (Å²) in [4.78, 5) is 2.36. The van der Waals surface area contributed by atoms with Gasteiger partial charge in [0, 0.05) is 26.5 Å². The molecule has 0 saturated heterocycles. The fraction of sp³-hybridized carbons (Fsp3) is 0.571. The maximum absolute atomic E-state index is 5.29. The second-order valence-corrected chi connectivity index (χ2v) is 4.74. The topological polar surface area (TPSA) is 21.7 Å². The fourth-order valence-corrected chi connectivity index (χ4v) is 2.50. The molecule has 0 N–H and O–H groups in total. The molecular formula is C14H21NO2. The molecule has 1 aromatic carbocycles. The molecule has 2 rings (SSSR count). The summed E-state index contributed by atoms with van der Waals surface area (Å²) < 4.78 is 10.6. The van der Waals surface area contributed by atoms with Gasteiger partial charge in [-0.25, -0.2) is 0 Å². The minimum atomic E-state index is -0.159. The molecule has 3 heteroatoms. The lowest BCUT2D eigenvalue weighted by Gasteiger charge is -2.36. The van der Waals surface area contributed by atoms with E-state index >= 15 is 0 Å². The Morgan fingerprint density at radius 2 is 2.00 bits per heavy atom. The molecular weight excluding hydrogens is 214 g/mol. The predicted octanol–water partition coefficient (Wildman–Crippen LogP) is 2.30. The highest BCUT2D eigenvalue weighted by Gasteiger charge is 2.23. The lowest BCUT2D eigenvalue weighted by Crippen LogP contribution is -2.40. The Morgan fingerprint density at radius 1 is 1.29 bits per heavy atom. The molecule has 1 aromatic rings. The smallest absolute Gasteiger partial charge is 0.174 e. The lowest BCUT2D eigenvalue weighted by molar-refractivity contribution is -0.0952. The number of fused-ring (bicyclic) bond motifs is 1. The summed E-state index contributed by atoms with van der Waals surface area (Å²) in [6.07, 6.45) is 1.01. The highest BCUT2D eigenvalue weighted by atomic mass is 16.7. The number of nitrogens with zero attached hydrogens (tertiary/aromatic N) is 1. The average molecular weight is 235 g/mol. The summed E-state index contributed by atoms with van der Waals surface area (Å²) in [6, 6.07) is 8.60. The number of hydrogen-bond acceptors (Lipinski definition) is 3. The molecule has 17 heavy (non-hydrogen) atoms. The van der Waals surface area contributed by atoms with Crippen LogP contribution in [0.1, 0.15) is 12.5 Å². The van der Waals surface area contributed by atoms with Gasteiger partial charge < -0.3 is 14.4 Å². The Kier molecular flexibility index (Phi) is 4.02. The van der Waals surface area contributed by atoms with Gasteiger partial charge in [0.25, 0.3) is 0 Å². The second-order valence-electron chi connectivity index (χ2n) is 4.74. The third-order valence-electron chi connectivity index (χ3n) is 3.33. The third-order valence-corrected chi connectivity index (χ3v) is 3.33. The first-order valence-electron chi connectivity index (χ1n) is 6.13. The molecule has 0 saturated carbocycles. The van der Waals surface area contributed by atoms with E-state index in [1.807, 2.05) is 0 Å². The largest absolute Gasteiger partial charge is 0.366 e. The normalized spacial score (nSPS) is 19.5. The van der Waals surface area contributed by atoms with Gasteiger partial charge >= 0.3 is 0 Å². The van der Waals surface area contributed by atoms with Gasteiger partial charge in [0.1, 0.15) is 0 Å². The van der Waals surface area contributed by atoms with E-state index in [4.69, 9.17) is 9.47 Å². The van der Waals surface area contributed by atoms with E-state index in [0.717, 1.165) is 19.5 Å². The van der Waals surface area contributed by atoms with Gasteiger partial charge in [-0.05, 0) is 24.0 Å². The zero-order valence-corrected chi connectivity index (χ0v) is 10.8. The first kappa shape index (κ1) is 12.4.